The van der Waals surface area contributed by atoms with Gasteiger partial charge in [-0.05, 0) is 32.8 Å². The molecule has 1 aromatic carbocycles. The molecule has 20 heavy (non-hydrogen) atoms. The maximum atomic E-state index is 8.84. The Bertz CT molecular complexity index is 536. The van der Waals surface area contributed by atoms with E-state index in [1.807, 2.05) is 6.20 Å². The quantitative estimate of drug-likeness (QED) is 0.727. The summed E-state index contributed by atoms with van der Waals surface area (Å²) in [6.07, 6.45) is 3.70. The highest BCUT2D eigenvalue weighted by Crippen LogP contribution is 2.22. The highest BCUT2D eigenvalue weighted by molar-refractivity contribution is 5.63. The van der Waals surface area contributed by atoms with Gasteiger partial charge in [0.05, 0.1) is 11.9 Å². The van der Waals surface area contributed by atoms with Gasteiger partial charge in [0.15, 0.2) is 0 Å². The van der Waals surface area contributed by atoms with Crippen LogP contribution in [-0.4, -0.2) is 28.0 Å². The molecular formula is C16H23N3O. The third-order valence-electron chi connectivity index (χ3n) is 3.46. The number of nitrogens with zero attached hydrogens (tertiary/aromatic N) is 1. The first-order valence-electron chi connectivity index (χ1n) is 7.14. The van der Waals surface area contributed by atoms with Crippen LogP contribution in [0.15, 0.2) is 30.5 Å². The monoisotopic (exact) mass is 273 g/mol. The molecular weight excluding hydrogens is 250 g/mol. The number of hydrogen-bond donors (Lipinski definition) is 3. The van der Waals surface area contributed by atoms with Crippen LogP contribution >= 0.6 is 0 Å². The molecule has 0 saturated carbocycles. The Kier molecular flexibility index (Phi) is 5.32. The van der Waals surface area contributed by atoms with Crippen molar-refractivity contribution in [1.29, 1.82) is 0 Å². The van der Waals surface area contributed by atoms with Gasteiger partial charge in [-0.15, -0.1) is 0 Å². The topological polar surface area (TPSA) is 60.9 Å². The highest BCUT2D eigenvalue weighted by Gasteiger charge is 2.09. The van der Waals surface area contributed by atoms with Gasteiger partial charge in [0.2, 0.25) is 0 Å². The van der Waals surface area contributed by atoms with Gasteiger partial charge in [-0.2, -0.15) is 5.10 Å². The predicted octanol–water partition coefficient (Wildman–Crippen LogP) is 2.64. The third kappa shape index (κ3) is 3.92. The molecule has 4 heteroatoms. The fourth-order valence-electron chi connectivity index (χ4n) is 2.28. The van der Waals surface area contributed by atoms with Crippen LogP contribution in [0.3, 0.4) is 0 Å². The first-order chi connectivity index (χ1) is 9.70. The summed E-state index contributed by atoms with van der Waals surface area (Å²) in [5.74, 6) is 0. The van der Waals surface area contributed by atoms with Crippen molar-refractivity contribution in [3.05, 3.63) is 41.6 Å². The number of aliphatic hydroxyl groups excluding tert-OH is 1. The SMILES string of the molecule is Cc1cccc(-c2[nH]ncc2CNC(C)CCCO)c1. The number of aliphatic hydroxyl groups is 1. The summed E-state index contributed by atoms with van der Waals surface area (Å²) in [4.78, 5) is 0. The normalized spacial score (nSPS) is 12.6. The lowest BCUT2D eigenvalue weighted by Gasteiger charge is -2.13. The average molecular weight is 273 g/mol. The predicted molar refractivity (Wildman–Crippen MR) is 81.4 cm³/mol. The molecule has 1 atom stereocenters. The van der Waals surface area contributed by atoms with Crippen molar-refractivity contribution in [2.24, 2.45) is 0 Å². The van der Waals surface area contributed by atoms with E-state index < -0.39 is 0 Å². The van der Waals surface area contributed by atoms with Gasteiger partial charge in [-0.3, -0.25) is 5.10 Å². The molecule has 0 aliphatic heterocycles. The second kappa shape index (κ2) is 7.22. The summed E-state index contributed by atoms with van der Waals surface area (Å²) in [5.41, 5.74) is 4.66. The summed E-state index contributed by atoms with van der Waals surface area (Å²) in [6.45, 7) is 5.27. The third-order valence-corrected chi connectivity index (χ3v) is 3.46. The maximum absolute atomic E-state index is 8.84. The smallest absolute Gasteiger partial charge is 0.0695 e. The number of rotatable bonds is 7. The summed E-state index contributed by atoms with van der Waals surface area (Å²) in [5, 5.41) is 19.6. The summed E-state index contributed by atoms with van der Waals surface area (Å²) in [6, 6.07) is 8.80. The van der Waals surface area contributed by atoms with Crippen LogP contribution in [0.1, 0.15) is 30.9 Å². The lowest BCUT2D eigenvalue weighted by molar-refractivity contribution is 0.276. The van der Waals surface area contributed by atoms with E-state index in [2.05, 4.69) is 53.6 Å². The summed E-state index contributed by atoms with van der Waals surface area (Å²) in [7, 11) is 0. The van der Waals surface area contributed by atoms with E-state index in [4.69, 9.17) is 5.11 Å². The van der Waals surface area contributed by atoms with Crippen LogP contribution < -0.4 is 5.32 Å². The zero-order valence-electron chi connectivity index (χ0n) is 12.2. The molecule has 2 rings (SSSR count). The molecule has 4 nitrogen and oxygen atoms in total. The summed E-state index contributed by atoms with van der Waals surface area (Å²) < 4.78 is 0. The number of benzene rings is 1. The Morgan fingerprint density at radius 2 is 2.25 bits per heavy atom. The van der Waals surface area contributed by atoms with E-state index >= 15 is 0 Å². The molecule has 108 valence electrons. The number of nitrogens with one attached hydrogen (secondary N) is 2. The zero-order valence-corrected chi connectivity index (χ0v) is 12.2. The fraction of sp³-hybridized carbons (Fsp3) is 0.438. The molecule has 3 N–H and O–H groups in total. The molecule has 0 bridgehead atoms. The Morgan fingerprint density at radius 3 is 3.00 bits per heavy atom. The Hall–Kier alpha value is -1.65. The van der Waals surface area contributed by atoms with Crippen molar-refractivity contribution < 1.29 is 5.11 Å². The largest absolute Gasteiger partial charge is 0.396 e. The van der Waals surface area contributed by atoms with Crippen molar-refractivity contribution in [3.8, 4) is 11.3 Å². The molecule has 0 saturated heterocycles. The first-order valence-corrected chi connectivity index (χ1v) is 7.14. The number of hydrogen-bond acceptors (Lipinski definition) is 3. The average Bonchev–Trinajstić information content (AvgIpc) is 2.91. The van der Waals surface area contributed by atoms with Crippen molar-refractivity contribution in [3.63, 3.8) is 0 Å². The summed E-state index contributed by atoms with van der Waals surface area (Å²) >= 11 is 0. The molecule has 0 spiro atoms. The van der Waals surface area contributed by atoms with Gasteiger partial charge in [0.1, 0.15) is 0 Å². The number of aryl methyl sites for hydroxylation is 1. The van der Waals surface area contributed by atoms with Crippen LogP contribution in [0, 0.1) is 6.92 Å². The van der Waals surface area contributed by atoms with Gasteiger partial charge < -0.3 is 10.4 Å². The van der Waals surface area contributed by atoms with Crippen LogP contribution in [-0.2, 0) is 6.54 Å². The van der Waals surface area contributed by atoms with Gasteiger partial charge in [0, 0.05) is 30.3 Å². The van der Waals surface area contributed by atoms with Crippen molar-refractivity contribution in [2.45, 2.75) is 39.3 Å². The molecule has 0 amide bonds. The molecule has 2 aromatic rings. The van der Waals surface area contributed by atoms with E-state index in [0.29, 0.717) is 6.04 Å². The lowest BCUT2D eigenvalue weighted by atomic mass is 10.1. The van der Waals surface area contributed by atoms with Gasteiger partial charge in [0.25, 0.3) is 0 Å². The van der Waals surface area contributed by atoms with Crippen LogP contribution in [0.2, 0.25) is 0 Å². The minimum absolute atomic E-state index is 0.256. The van der Waals surface area contributed by atoms with Gasteiger partial charge in [-0.1, -0.05) is 23.8 Å². The van der Waals surface area contributed by atoms with Crippen LogP contribution in [0.5, 0.6) is 0 Å². The number of H-pyrrole nitrogens is 1. The number of aromatic nitrogens is 2. The second-order valence-electron chi connectivity index (χ2n) is 5.29. The second-order valence-corrected chi connectivity index (χ2v) is 5.29. The molecule has 0 radical (unpaired) electrons. The first kappa shape index (κ1) is 14.8. The lowest BCUT2D eigenvalue weighted by Crippen LogP contribution is -2.25. The van der Waals surface area contributed by atoms with Crippen molar-refractivity contribution >= 4 is 0 Å². The van der Waals surface area contributed by atoms with E-state index in [1.54, 1.807) is 0 Å². The molecule has 0 aliphatic rings. The molecule has 1 unspecified atom stereocenters. The van der Waals surface area contributed by atoms with Crippen LogP contribution in [0.4, 0.5) is 0 Å². The van der Waals surface area contributed by atoms with E-state index in [0.717, 1.165) is 25.1 Å². The van der Waals surface area contributed by atoms with Gasteiger partial charge in [-0.25, -0.2) is 0 Å². The van der Waals surface area contributed by atoms with E-state index in [-0.39, 0.29) is 6.61 Å². The molecule has 0 fully saturated rings. The van der Waals surface area contributed by atoms with E-state index in [9.17, 15) is 0 Å². The Morgan fingerprint density at radius 1 is 1.40 bits per heavy atom. The van der Waals surface area contributed by atoms with Crippen LogP contribution in [0.25, 0.3) is 11.3 Å². The maximum Gasteiger partial charge on any atom is 0.0695 e. The standard InChI is InChI=1S/C16H23N3O/c1-12-5-3-7-14(9-12)16-15(11-18-19-16)10-17-13(2)6-4-8-20/h3,5,7,9,11,13,17,20H,4,6,8,10H2,1-2H3,(H,18,19). The van der Waals surface area contributed by atoms with Gasteiger partial charge >= 0.3 is 0 Å². The highest BCUT2D eigenvalue weighted by atomic mass is 16.2. The Balaban J connectivity index is 2.02. The minimum atomic E-state index is 0.256. The zero-order chi connectivity index (χ0) is 14.4. The molecule has 1 heterocycles. The molecule has 1 aromatic heterocycles. The number of aromatic amines is 1. The molecule has 0 aliphatic carbocycles. The van der Waals surface area contributed by atoms with E-state index in [1.165, 1.54) is 16.7 Å². The fourth-order valence-corrected chi connectivity index (χ4v) is 2.28. The van der Waals surface area contributed by atoms with Crippen molar-refractivity contribution in [2.75, 3.05) is 6.61 Å². The van der Waals surface area contributed by atoms with Crippen molar-refractivity contribution in [1.82, 2.24) is 15.5 Å². The Labute approximate surface area is 120 Å². The minimum Gasteiger partial charge on any atom is -0.396 e.